The lowest BCUT2D eigenvalue weighted by Crippen LogP contribution is -2.08. The van der Waals surface area contributed by atoms with Gasteiger partial charge in [-0.15, -0.1) is 0 Å². The van der Waals surface area contributed by atoms with Gasteiger partial charge in [-0.25, -0.2) is 9.97 Å². The molecule has 0 saturated heterocycles. The fraction of sp³-hybridized carbons (Fsp3) is 0.412. The summed E-state index contributed by atoms with van der Waals surface area (Å²) in [5.74, 6) is 1.85. The van der Waals surface area contributed by atoms with Crippen molar-refractivity contribution in [3.63, 3.8) is 0 Å². The first-order chi connectivity index (χ1) is 9.56. The van der Waals surface area contributed by atoms with Gasteiger partial charge in [-0.1, -0.05) is 24.6 Å². The fourth-order valence-corrected chi connectivity index (χ4v) is 2.31. The summed E-state index contributed by atoms with van der Waals surface area (Å²) in [5.41, 5.74) is 5.89. The van der Waals surface area contributed by atoms with Crippen molar-refractivity contribution < 1.29 is 0 Å². The highest BCUT2D eigenvalue weighted by molar-refractivity contribution is 5.71. The van der Waals surface area contributed by atoms with Crippen molar-refractivity contribution in [3.8, 4) is 11.3 Å². The number of hydrogen-bond donors (Lipinski definition) is 1. The molecule has 0 spiro atoms. The molecule has 20 heavy (non-hydrogen) atoms. The topological polar surface area (TPSA) is 37.8 Å². The molecule has 0 aliphatic carbocycles. The van der Waals surface area contributed by atoms with E-state index in [9.17, 15) is 0 Å². The maximum Gasteiger partial charge on any atom is 0.133 e. The molecule has 2 aromatic rings. The standard InChI is InChI=1S/C17H23N3/c1-6-15-19-16(13(5)17(20-15)18-7-2)14-10-11(3)8-9-12(14)4/h8-10H,6-7H2,1-5H3,(H,18,19,20). The number of rotatable bonds is 4. The predicted octanol–water partition coefficient (Wildman–Crippen LogP) is 4.06. The number of aryl methyl sites for hydroxylation is 3. The molecule has 0 bridgehead atoms. The second kappa shape index (κ2) is 6.04. The molecule has 0 fully saturated rings. The molecule has 0 amide bonds. The molecule has 1 aromatic heterocycles. The monoisotopic (exact) mass is 269 g/mol. The van der Waals surface area contributed by atoms with E-state index in [1.807, 2.05) is 0 Å². The third kappa shape index (κ3) is 2.82. The number of anilines is 1. The van der Waals surface area contributed by atoms with Gasteiger partial charge in [0, 0.05) is 24.1 Å². The lowest BCUT2D eigenvalue weighted by atomic mass is 9.99. The molecule has 3 nitrogen and oxygen atoms in total. The van der Waals surface area contributed by atoms with E-state index in [0.717, 1.165) is 35.9 Å². The number of aromatic nitrogens is 2. The summed E-state index contributed by atoms with van der Waals surface area (Å²) in [5, 5.41) is 3.34. The molecular formula is C17H23N3. The zero-order valence-corrected chi connectivity index (χ0v) is 13.0. The van der Waals surface area contributed by atoms with Crippen LogP contribution in [0.15, 0.2) is 18.2 Å². The lowest BCUT2D eigenvalue weighted by Gasteiger charge is -2.15. The Balaban J connectivity index is 2.65. The van der Waals surface area contributed by atoms with Crippen molar-refractivity contribution in [3.05, 3.63) is 40.7 Å². The summed E-state index contributed by atoms with van der Waals surface area (Å²) < 4.78 is 0. The summed E-state index contributed by atoms with van der Waals surface area (Å²) in [4.78, 5) is 9.35. The predicted molar refractivity (Wildman–Crippen MR) is 85.2 cm³/mol. The smallest absolute Gasteiger partial charge is 0.133 e. The average Bonchev–Trinajstić information content (AvgIpc) is 2.44. The fourth-order valence-electron chi connectivity index (χ4n) is 2.31. The second-order valence-corrected chi connectivity index (χ2v) is 5.16. The van der Waals surface area contributed by atoms with Crippen molar-refractivity contribution in [1.29, 1.82) is 0 Å². The van der Waals surface area contributed by atoms with Crippen LogP contribution in [0, 0.1) is 20.8 Å². The van der Waals surface area contributed by atoms with E-state index in [1.165, 1.54) is 16.7 Å². The Morgan fingerprint density at radius 1 is 1.05 bits per heavy atom. The molecule has 1 heterocycles. The van der Waals surface area contributed by atoms with Crippen molar-refractivity contribution in [2.24, 2.45) is 0 Å². The van der Waals surface area contributed by atoms with Gasteiger partial charge in [0.15, 0.2) is 0 Å². The minimum atomic E-state index is 0.844. The Morgan fingerprint density at radius 2 is 1.80 bits per heavy atom. The number of nitrogens with one attached hydrogen (secondary N) is 1. The van der Waals surface area contributed by atoms with Crippen LogP contribution in [-0.2, 0) is 6.42 Å². The van der Waals surface area contributed by atoms with Crippen molar-refractivity contribution >= 4 is 5.82 Å². The van der Waals surface area contributed by atoms with Gasteiger partial charge < -0.3 is 5.32 Å². The van der Waals surface area contributed by atoms with Crippen LogP contribution in [0.5, 0.6) is 0 Å². The minimum absolute atomic E-state index is 0.844. The van der Waals surface area contributed by atoms with Crippen LogP contribution in [-0.4, -0.2) is 16.5 Å². The summed E-state index contributed by atoms with van der Waals surface area (Å²) in [6.45, 7) is 11.4. The number of hydrogen-bond acceptors (Lipinski definition) is 3. The summed E-state index contributed by atoms with van der Waals surface area (Å²) in [6.07, 6.45) is 0.844. The molecule has 3 heteroatoms. The highest BCUT2D eigenvalue weighted by Gasteiger charge is 2.13. The molecule has 0 aliphatic heterocycles. The van der Waals surface area contributed by atoms with Crippen LogP contribution in [0.2, 0.25) is 0 Å². The largest absolute Gasteiger partial charge is 0.370 e. The molecule has 0 atom stereocenters. The molecule has 1 aromatic carbocycles. The maximum absolute atomic E-state index is 4.75. The molecule has 2 rings (SSSR count). The Morgan fingerprint density at radius 3 is 2.45 bits per heavy atom. The number of nitrogens with zero attached hydrogens (tertiary/aromatic N) is 2. The van der Waals surface area contributed by atoms with Crippen LogP contribution in [0.4, 0.5) is 5.82 Å². The quantitative estimate of drug-likeness (QED) is 0.909. The molecular weight excluding hydrogens is 246 g/mol. The highest BCUT2D eigenvalue weighted by Crippen LogP contribution is 2.29. The first kappa shape index (κ1) is 14.5. The molecule has 0 unspecified atom stereocenters. The van der Waals surface area contributed by atoms with E-state index >= 15 is 0 Å². The summed E-state index contributed by atoms with van der Waals surface area (Å²) >= 11 is 0. The normalized spacial score (nSPS) is 10.7. The van der Waals surface area contributed by atoms with Gasteiger partial charge in [0.2, 0.25) is 0 Å². The third-order valence-electron chi connectivity index (χ3n) is 3.50. The second-order valence-electron chi connectivity index (χ2n) is 5.16. The first-order valence-corrected chi connectivity index (χ1v) is 7.25. The molecule has 1 N–H and O–H groups in total. The van der Waals surface area contributed by atoms with E-state index in [2.05, 4.69) is 63.1 Å². The third-order valence-corrected chi connectivity index (χ3v) is 3.50. The van der Waals surface area contributed by atoms with Crippen LogP contribution >= 0.6 is 0 Å². The molecule has 0 aliphatic rings. The summed E-state index contributed by atoms with van der Waals surface area (Å²) in [6, 6.07) is 6.51. The molecule has 106 valence electrons. The molecule has 0 saturated carbocycles. The van der Waals surface area contributed by atoms with E-state index in [-0.39, 0.29) is 0 Å². The van der Waals surface area contributed by atoms with Crippen LogP contribution in [0.3, 0.4) is 0 Å². The Labute approximate surface area is 121 Å². The Hall–Kier alpha value is -1.90. The van der Waals surface area contributed by atoms with Gasteiger partial charge >= 0.3 is 0 Å². The van der Waals surface area contributed by atoms with Gasteiger partial charge in [0.05, 0.1) is 5.69 Å². The van der Waals surface area contributed by atoms with E-state index < -0.39 is 0 Å². The first-order valence-electron chi connectivity index (χ1n) is 7.25. The number of benzene rings is 1. The van der Waals surface area contributed by atoms with Gasteiger partial charge in [-0.2, -0.15) is 0 Å². The van der Waals surface area contributed by atoms with E-state index in [0.29, 0.717) is 0 Å². The summed E-state index contributed by atoms with van der Waals surface area (Å²) in [7, 11) is 0. The molecule has 0 radical (unpaired) electrons. The van der Waals surface area contributed by atoms with E-state index in [4.69, 9.17) is 4.98 Å². The van der Waals surface area contributed by atoms with Gasteiger partial charge in [0.25, 0.3) is 0 Å². The SMILES string of the molecule is CCNc1nc(CC)nc(-c2cc(C)ccc2C)c1C. The zero-order chi connectivity index (χ0) is 14.7. The maximum atomic E-state index is 4.75. The average molecular weight is 269 g/mol. The van der Waals surface area contributed by atoms with Gasteiger partial charge in [-0.3, -0.25) is 0 Å². The van der Waals surface area contributed by atoms with Crippen molar-refractivity contribution in [1.82, 2.24) is 9.97 Å². The van der Waals surface area contributed by atoms with Gasteiger partial charge in [0.1, 0.15) is 11.6 Å². The van der Waals surface area contributed by atoms with Crippen LogP contribution < -0.4 is 5.32 Å². The Kier molecular flexibility index (Phi) is 4.38. The van der Waals surface area contributed by atoms with Crippen LogP contribution in [0.25, 0.3) is 11.3 Å². The highest BCUT2D eigenvalue weighted by atomic mass is 15.0. The van der Waals surface area contributed by atoms with Crippen molar-refractivity contribution in [2.45, 2.75) is 41.0 Å². The minimum Gasteiger partial charge on any atom is -0.370 e. The zero-order valence-electron chi connectivity index (χ0n) is 13.0. The van der Waals surface area contributed by atoms with Gasteiger partial charge in [-0.05, 0) is 39.3 Å². The van der Waals surface area contributed by atoms with Crippen molar-refractivity contribution in [2.75, 3.05) is 11.9 Å². The lowest BCUT2D eigenvalue weighted by molar-refractivity contribution is 0.929. The van der Waals surface area contributed by atoms with Crippen LogP contribution in [0.1, 0.15) is 36.4 Å². The van der Waals surface area contributed by atoms with E-state index in [1.54, 1.807) is 0 Å². The Bertz CT molecular complexity index is 618.